The molecule has 0 radical (unpaired) electrons. The van der Waals surface area contributed by atoms with Crippen molar-refractivity contribution in [1.82, 2.24) is 0 Å². The Bertz CT molecular complexity index is 2060. The van der Waals surface area contributed by atoms with Crippen LogP contribution in [0, 0.1) is 13.8 Å². The fraction of sp³-hybridized carbons (Fsp3) is 0.500. The summed E-state index contributed by atoms with van der Waals surface area (Å²) in [6.45, 7) is 16.7. The first-order valence-corrected chi connectivity index (χ1v) is 24.5. The Morgan fingerprint density at radius 3 is 1.06 bits per heavy atom. The van der Waals surface area contributed by atoms with Gasteiger partial charge in [-0.05, 0) is 161 Å². The van der Waals surface area contributed by atoms with Gasteiger partial charge in [0.1, 0.15) is 11.5 Å². The summed E-state index contributed by atoms with van der Waals surface area (Å²) in [6.07, 6.45) is 23.8. The van der Waals surface area contributed by atoms with Gasteiger partial charge in [0.25, 0.3) is 0 Å². The van der Waals surface area contributed by atoms with Crippen LogP contribution in [0.15, 0.2) is 70.6 Å². The number of aliphatic imine (C=N–C) groups is 2. The van der Waals surface area contributed by atoms with Crippen LogP contribution in [0.2, 0.25) is 0 Å². The van der Waals surface area contributed by atoms with E-state index in [2.05, 4.69) is 77.9 Å². The number of nitrogens with zero attached hydrogens (tertiary/aromatic N) is 2. The number of unbranched alkanes of at least 4 members (excludes halogenated alkanes) is 8. The van der Waals surface area contributed by atoms with Crippen LogP contribution in [-0.2, 0) is 42.2 Å². The fourth-order valence-electron chi connectivity index (χ4n) is 7.49. The molecule has 4 N–H and O–H groups in total. The number of phenols is 2. The molecule has 0 saturated heterocycles. The van der Waals surface area contributed by atoms with Crippen molar-refractivity contribution >= 4 is 34.7 Å². The van der Waals surface area contributed by atoms with Crippen LogP contribution in [0.1, 0.15) is 198 Å². The fourth-order valence-corrected chi connectivity index (χ4v) is 7.49. The topological polar surface area (TPSA) is 186 Å². The molecule has 0 bridgehead atoms. The number of benzene rings is 4. The molecule has 67 heavy (non-hydrogen) atoms. The molecule has 0 atom stereocenters. The number of carboxylic acid groups (broad SMARTS) is 2. The number of phenolic OH excluding ortho intramolecular Hbond substituents is 2. The number of aromatic carboxylic acids is 2. The molecule has 0 spiro atoms. The van der Waals surface area contributed by atoms with E-state index in [-0.39, 0.29) is 27.6 Å². The van der Waals surface area contributed by atoms with Gasteiger partial charge in [-0.25, -0.2) is 9.59 Å². The van der Waals surface area contributed by atoms with Crippen molar-refractivity contribution < 1.29 is 56.7 Å². The molecular weight excluding hydrogens is 887 g/mol. The van der Waals surface area contributed by atoms with Crippen LogP contribution in [-0.4, -0.2) is 43.8 Å². The van der Waals surface area contributed by atoms with E-state index in [0.29, 0.717) is 11.1 Å². The predicted octanol–water partition coefficient (Wildman–Crippen LogP) is 14.0. The summed E-state index contributed by atoms with van der Waals surface area (Å²) in [5.41, 5.74) is 10.5. The van der Waals surface area contributed by atoms with Gasteiger partial charge < -0.3 is 30.6 Å². The summed E-state index contributed by atoms with van der Waals surface area (Å²) in [4.78, 5) is 31.9. The van der Waals surface area contributed by atoms with E-state index in [1.807, 2.05) is 0 Å². The average Bonchev–Trinajstić information content (AvgIpc) is 3.29. The van der Waals surface area contributed by atoms with E-state index in [4.69, 9.17) is 30.4 Å². The minimum atomic E-state index is -1.31. The predicted molar refractivity (Wildman–Crippen MR) is 268 cm³/mol. The molecule has 370 valence electrons. The van der Waals surface area contributed by atoms with Gasteiger partial charge in [0.15, 0.2) is 0 Å². The summed E-state index contributed by atoms with van der Waals surface area (Å²) < 4.78 is 0. The zero-order valence-corrected chi connectivity index (χ0v) is 42.5. The SMILES string of the molecule is CCCCCCC(=Nc1cc(CCCC)cc(CCCC)c1)C(CCCC)=Nc1cc(CCCC)cc(CCCC)c1.Cc1ccc(O)c([O-])c1C(=O)O.Cc1ccc(O)c([O-])c1C(=O)O.[Ni+2]. The summed E-state index contributed by atoms with van der Waals surface area (Å²) >= 11 is 0. The van der Waals surface area contributed by atoms with Crippen molar-refractivity contribution in [2.75, 3.05) is 0 Å². The van der Waals surface area contributed by atoms with E-state index in [1.165, 1.54) is 155 Å². The number of hydrogen-bond acceptors (Lipinski definition) is 8. The first-order valence-electron chi connectivity index (χ1n) is 24.5. The van der Waals surface area contributed by atoms with Crippen molar-refractivity contribution in [2.24, 2.45) is 9.98 Å². The van der Waals surface area contributed by atoms with E-state index >= 15 is 0 Å². The van der Waals surface area contributed by atoms with Crippen molar-refractivity contribution in [3.63, 3.8) is 0 Å². The molecule has 10 nitrogen and oxygen atoms in total. The molecule has 4 aromatic rings. The Morgan fingerprint density at radius 2 is 0.776 bits per heavy atom. The molecule has 4 aromatic carbocycles. The number of aryl methyl sites for hydroxylation is 6. The number of hydrogen-bond donors (Lipinski definition) is 4. The van der Waals surface area contributed by atoms with Gasteiger partial charge in [-0.3, -0.25) is 9.98 Å². The van der Waals surface area contributed by atoms with Crippen LogP contribution in [0.25, 0.3) is 0 Å². The third kappa shape index (κ3) is 21.6. The molecule has 0 aromatic heterocycles. The van der Waals surface area contributed by atoms with Crippen molar-refractivity contribution in [1.29, 1.82) is 0 Å². The number of rotatable bonds is 25. The largest absolute Gasteiger partial charge is 2.00 e. The molecule has 0 aliphatic heterocycles. The second kappa shape index (κ2) is 33.3. The Morgan fingerprint density at radius 1 is 0.463 bits per heavy atom. The van der Waals surface area contributed by atoms with Crippen LogP contribution < -0.4 is 10.2 Å². The summed E-state index contributed by atoms with van der Waals surface area (Å²) in [6, 6.07) is 19.5. The van der Waals surface area contributed by atoms with Crippen LogP contribution in [0.5, 0.6) is 23.0 Å². The van der Waals surface area contributed by atoms with Crippen LogP contribution in [0.4, 0.5) is 11.4 Å². The van der Waals surface area contributed by atoms with E-state index in [0.717, 1.165) is 56.3 Å². The molecule has 4 rings (SSSR count). The Labute approximate surface area is 411 Å². The standard InChI is InChI=1S/C40H64N2.2C8H8O4.Ni/c1-7-13-19-20-26-40(42-38-31-35(23-16-10-4)28-36(32-38)24-17-11-5)39(25-18-12-6)41-37-29-33(21-14-8-2)27-34(30-37)22-15-9-3;2*1-4-2-3-5(9)7(10)6(4)8(11)12;/h27-32H,7-26H2,1-6H3;2*2-3,9-10H,1H3,(H,11,12);/q;;;+2/p-2. The maximum Gasteiger partial charge on any atom is 2.00 e. The minimum absolute atomic E-state index is 0. The number of carboxylic acids is 2. The molecule has 0 aliphatic rings. The second-order valence-electron chi connectivity index (χ2n) is 17.3. The molecule has 0 heterocycles. The normalized spacial score (nSPS) is 11.2. The minimum Gasteiger partial charge on any atom is -0.869 e. The third-order valence-electron chi connectivity index (χ3n) is 11.4. The Kier molecular flexibility index (Phi) is 29.8. The molecule has 11 heteroatoms. The van der Waals surface area contributed by atoms with Crippen molar-refractivity contribution in [2.45, 2.75) is 184 Å². The van der Waals surface area contributed by atoms with Gasteiger partial charge in [0.05, 0.1) is 33.9 Å². The first-order chi connectivity index (χ1) is 31.6. The molecule has 0 aliphatic carbocycles. The van der Waals surface area contributed by atoms with Crippen LogP contribution >= 0.6 is 0 Å². The van der Waals surface area contributed by atoms with Gasteiger partial charge in [-0.15, -0.1) is 0 Å². The quantitative estimate of drug-likeness (QED) is 0.0287. The maximum absolute atomic E-state index is 11.0. The van der Waals surface area contributed by atoms with E-state index in [1.54, 1.807) is 0 Å². The number of aromatic hydroxyl groups is 2. The zero-order chi connectivity index (χ0) is 49.0. The van der Waals surface area contributed by atoms with Crippen LogP contribution in [0.3, 0.4) is 0 Å². The zero-order valence-electron chi connectivity index (χ0n) is 41.5. The summed E-state index contributed by atoms with van der Waals surface area (Å²) in [5, 5.41) is 56.9. The smallest absolute Gasteiger partial charge is 0.869 e. The maximum atomic E-state index is 11.0. The van der Waals surface area contributed by atoms with Gasteiger partial charge in [-0.1, -0.05) is 129 Å². The van der Waals surface area contributed by atoms with Gasteiger partial charge in [0, 0.05) is 0 Å². The molecule has 0 saturated carbocycles. The van der Waals surface area contributed by atoms with Gasteiger partial charge >= 0.3 is 28.4 Å². The molecule has 0 fully saturated rings. The van der Waals surface area contributed by atoms with Gasteiger partial charge in [0.2, 0.25) is 0 Å². The number of carbonyl (C=O) groups is 2. The van der Waals surface area contributed by atoms with Crippen molar-refractivity contribution in [3.05, 3.63) is 105 Å². The monoisotopic (exact) mass is 965 g/mol. The molecule has 0 amide bonds. The average molecular weight is 966 g/mol. The first kappa shape index (κ1) is 59.9. The van der Waals surface area contributed by atoms with E-state index < -0.39 is 34.9 Å². The van der Waals surface area contributed by atoms with Crippen molar-refractivity contribution in [3.8, 4) is 23.0 Å². The van der Waals surface area contributed by atoms with E-state index in [9.17, 15) is 19.8 Å². The molecule has 0 unspecified atom stereocenters. The third-order valence-corrected chi connectivity index (χ3v) is 11.4. The molecular formula is C56H78N2NiO8. The Balaban J connectivity index is 0.000000722. The van der Waals surface area contributed by atoms with Gasteiger partial charge in [-0.2, -0.15) is 0 Å². The summed E-state index contributed by atoms with van der Waals surface area (Å²) in [7, 11) is 0. The summed E-state index contributed by atoms with van der Waals surface area (Å²) in [5.74, 6) is -5.34. The second-order valence-corrected chi connectivity index (χ2v) is 17.3. The Hall–Kier alpha value is -5.15.